The Bertz CT molecular complexity index is 232. The van der Waals surface area contributed by atoms with Gasteiger partial charge in [-0.05, 0) is 45.4 Å². The number of methoxy groups -OCH3 is 1. The van der Waals surface area contributed by atoms with E-state index in [0.717, 1.165) is 58.8 Å². The highest BCUT2D eigenvalue weighted by Gasteiger charge is 2.32. The molecule has 0 unspecified atom stereocenters. The molecule has 19 heavy (non-hydrogen) atoms. The molecule has 4 heteroatoms. The van der Waals surface area contributed by atoms with E-state index in [1.165, 1.54) is 0 Å². The molecule has 0 saturated carbocycles. The molecule has 0 aromatic rings. The third-order valence-corrected chi connectivity index (χ3v) is 3.70. The zero-order valence-corrected chi connectivity index (χ0v) is 13.1. The van der Waals surface area contributed by atoms with Crippen LogP contribution in [0.3, 0.4) is 0 Å². The summed E-state index contributed by atoms with van der Waals surface area (Å²) in [6.07, 6.45) is 3.36. The fraction of sp³-hybridized carbons (Fsp3) is 1.00. The van der Waals surface area contributed by atoms with Crippen molar-refractivity contribution in [1.82, 2.24) is 5.32 Å². The van der Waals surface area contributed by atoms with E-state index in [1.807, 2.05) is 0 Å². The first kappa shape index (κ1) is 16.9. The van der Waals surface area contributed by atoms with Gasteiger partial charge in [0.05, 0.1) is 12.2 Å². The first-order valence-electron chi connectivity index (χ1n) is 7.39. The maximum Gasteiger partial charge on any atom is 0.0598 e. The van der Waals surface area contributed by atoms with Crippen LogP contribution in [0.1, 0.15) is 40.0 Å². The number of hydrogen-bond donors (Lipinski definition) is 1. The second-order valence-electron chi connectivity index (χ2n) is 6.49. The smallest absolute Gasteiger partial charge is 0.0598 e. The first-order valence-corrected chi connectivity index (χ1v) is 7.39. The average molecular weight is 273 g/mol. The van der Waals surface area contributed by atoms with E-state index in [9.17, 15) is 0 Å². The van der Waals surface area contributed by atoms with Gasteiger partial charge in [-0.3, -0.25) is 0 Å². The molecule has 1 saturated heterocycles. The summed E-state index contributed by atoms with van der Waals surface area (Å²) < 4.78 is 16.5. The van der Waals surface area contributed by atoms with Gasteiger partial charge in [-0.1, -0.05) is 0 Å². The Morgan fingerprint density at radius 2 is 1.84 bits per heavy atom. The predicted octanol–water partition coefficient (Wildman–Crippen LogP) is 2.22. The zero-order valence-electron chi connectivity index (χ0n) is 13.1. The predicted molar refractivity (Wildman–Crippen MR) is 77.6 cm³/mol. The third kappa shape index (κ3) is 7.25. The van der Waals surface area contributed by atoms with E-state index in [4.69, 9.17) is 14.2 Å². The van der Waals surface area contributed by atoms with Crippen LogP contribution in [0.5, 0.6) is 0 Å². The van der Waals surface area contributed by atoms with Gasteiger partial charge in [-0.15, -0.1) is 0 Å². The van der Waals surface area contributed by atoms with E-state index in [-0.39, 0.29) is 5.60 Å². The Hall–Kier alpha value is -0.160. The number of rotatable bonds is 8. The summed E-state index contributed by atoms with van der Waals surface area (Å²) in [6, 6.07) is 0. The Morgan fingerprint density at radius 3 is 2.42 bits per heavy atom. The lowest BCUT2D eigenvalue weighted by molar-refractivity contribution is -0.0432. The van der Waals surface area contributed by atoms with Crippen molar-refractivity contribution in [2.45, 2.75) is 45.6 Å². The summed E-state index contributed by atoms with van der Waals surface area (Å²) in [5.74, 6) is 0. The van der Waals surface area contributed by atoms with Gasteiger partial charge in [0, 0.05) is 40.0 Å². The lowest BCUT2D eigenvalue weighted by Gasteiger charge is -2.38. The molecule has 1 fully saturated rings. The largest absolute Gasteiger partial charge is 0.383 e. The van der Waals surface area contributed by atoms with Gasteiger partial charge in [0.1, 0.15) is 0 Å². The minimum atomic E-state index is -0.0458. The second-order valence-corrected chi connectivity index (χ2v) is 6.49. The van der Waals surface area contributed by atoms with Crippen LogP contribution in [-0.4, -0.2) is 52.2 Å². The van der Waals surface area contributed by atoms with E-state index < -0.39 is 0 Å². The van der Waals surface area contributed by atoms with Crippen molar-refractivity contribution in [2.24, 2.45) is 5.41 Å². The topological polar surface area (TPSA) is 39.7 Å². The van der Waals surface area contributed by atoms with Crippen LogP contribution < -0.4 is 5.32 Å². The minimum absolute atomic E-state index is 0.0458. The van der Waals surface area contributed by atoms with Gasteiger partial charge in [0.15, 0.2) is 0 Å². The minimum Gasteiger partial charge on any atom is -0.383 e. The van der Waals surface area contributed by atoms with Gasteiger partial charge in [0.2, 0.25) is 0 Å². The van der Waals surface area contributed by atoms with Crippen molar-refractivity contribution < 1.29 is 14.2 Å². The molecule has 0 aromatic heterocycles. The molecule has 0 bridgehead atoms. The van der Waals surface area contributed by atoms with Crippen LogP contribution in [0.4, 0.5) is 0 Å². The molecule has 0 amide bonds. The number of nitrogens with one attached hydrogen (secondary N) is 1. The summed E-state index contributed by atoms with van der Waals surface area (Å²) in [6.45, 7) is 11.6. The molecule has 1 rings (SSSR count). The molecule has 0 aromatic carbocycles. The van der Waals surface area contributed by atoms with Gasteiger partial charge in [-0.25, -0.2) is 0 Å². The fourth-order valence-corrected chi connectivity index (χ4v) is 2.42. The Morgan fingerprint density at radius 1 is 1.16 bits per heavy atom. The molecule has 0 atom stereocenters. The average Bonchev–Trinajstić information content (AvgIpc) is 2.34. The molecular weight excluding hydrogens is 242 g/mol. The van der Waals surface area contributed by atoms with Crippen molar-refractivity contribution in [3.63, 3.8) is 0 Å². The van der Waals surface area contributed by atoms with Crippen molar-refractivity contribution in [3.05, 3.63) is 0 Å². The Labute approximate surface area is 118 Å². The maximum absolute atomic E-state index is 5.89. The SMILES string of the molecule is COCCNCC1(CCOC(C)(C)C)CCOCC1. The summed E-state index contributed by atoms with van der Waals surface area (Å²) in [7, 11) is 1.74. The Balaban J connectivity index is 2.36. The third-order valence-electron chi connectivity index (χ3n) is 3.70. The lowest BCUT2D eigenvalue weighted by Crippen LogP contribution is -2.41. The molecule has 4 nitrogen and oxygen atoms in total. The van der Waals surface area contributed by atoms with Crippen LogP contribution in [0.2, 0.25) is 0 Å². The molecule has 1 aliphatic heterocycles. The van der Waals surface area contributed by atoms with Crippen LogP contribution in [0, 0.1) is 5.41 Å². The molecular formula is C15H31NO3. The van der Waals surface area contributed by atoms with Gasteiger partial charge in [-0.2, -0.15) is 0 Å². The molecule has 1 heterocycles. The highest BCUT2D eigenvalue weighted by molar-refractivity contribution is 4.84. The summed E-state index contributed by atoms with van der Waals surface area (Å²) in [5.41, 5.74) is 0.285. The first-order chi connectivity index (χ1) is 8.97. The molecule has 0 spiro atoms. The van der Waals surface area contributed by atoms with Crippen molar-refractivity contribution >= 4 is 0 Å². The highest BCUT2D eigenvalue weighted by atomic mass is 16.5. The molecule has 0 aliphatic carbocycles. The summed E-state index contributed by atoms with van der Waals surface area (Å²) in [4.78, 5) is 0. The highest BCUT2D eigenvalue weighted by Crippen LogP contribution is 2.34. The molecule has 1 N–H and O–H groups in total. The van der Waals surface area contributed by atoms with Crippen LogP contribution in [0.15, 0.2) is 0 Å². The van der Waals surface area contributed by atoms with Crippen molar-refractivity contribution in [2.75, 3.05) is 46.6 Å². The van der Waals surface area contributed by atoms with Crippen LogP contribution in [-0.2, 0) is 14.2 Å². The number of hydrogen-bond acceptors (Lipinski definition) is 4. The zero-order chi connectivity index (χ0) is 14.2. The van der Waals surface area contributed by atoms with E-state index in [1.54, 1.807) is 7.11 Å². The van der Waals surface area contributed by atoms with E-state index in [0.29, 0.717) is 5.41 Å². The van der Waals surface area contributed by atoms with E-state index >= 15 is 0 Å². The van der Waals surface area contributed by atoms with Crippen molar-refractivity contribution in [1.29, 1.82) is 0 Å². The fourth-order valence-electron chi connectivity index (χ4n) is 2.42. The van der Waals surface area contributed by atoms with Gasteiger partial charge in [0.25, 0.3) is 0 Å². The van der Waals surface area contributed by atoms with Crippen molar-refractivity contribution in [3.8, 4) is 0 Å². The van der Waals surface area contributed by atoms with Gasteiger partial charge >= 0.3 is 0 Å². The standard InChI is InChI=1S/C15H31NO3/c1-14(2,3)19-11-7-15(5-9-18-10-6-15)13-16-8-12-17-4/h16H,5-13H2,1-4H3. The monoisotopic (exact) mass is 273 g/mol. The Kier molecular flexibility index (Phi) is 7.29. The van der Waals surface area contributed by atoms with Gasteiger partial charge < -0.3 is 19.5 Å². The normalized spacial score (nSPS) is 19.6. The van der Waals surface area contributed by atoms with Crippen LogP contribution >= 0.6 is 0 Å². The maximum atomic E-state index is 5.89. The lowest BCUT2D eigenvalue weighted by atomic mass is 9.77. The van der Waals surface area contributed by atoms with E-state index in [2.05, 4.69) is 26.1 Å². The quantitative estimate of drug-likeness (QED) is 0.688. The summed E-state index contributed by atoms with van der Waals surface area (Å²) >= 11 is 0. The second kappa shape index (κ2) is 8.20. The van der Waals surface area contributed by atoms with Crippen LogP contribution in [0.25, 0.3) is 0 Å². The summed E-state index contributed by atoms with van der Waals surface area (Å²) in [5, 5.41) is 3.51. The molecule has 114 valence electrons. The number of ether oxygens (including phenoxy) is 3. The molecule has 0 radical (unpaired) electrons. The molecule has 1 aliphatic rings.